The van der Waals surface area contributed by atoms with Gasteiger partial charge in [0.1, 0.15) is 11.6 Å². The molecule has 148 valence electrons. The highest BCUT2D eigenvalue weighted by Gasteiger charge is 2.25. The average molecular weight is 382 g/mol. The van der Waals surface area contributed by atoms with E-state index in [2.05, 4.69) is 28.3 Å². The van der Waals surface area contributed by atoms with Crippen LogP contribution in [-0.4, -0.2) is 34.3 Å². The van der Waals surface area contributed by atoms with Gasteiger partial charge < -0.3 is 9.73 Å². The quantitative estimate of drug-likeness (QED) is 0.667. The number of furan rings is 1. The summed E-state index contributed by atoms with van der Waals surface area (Å²) < 4.78 is 20.8. The van der Waals surface area contributed by atoms with E-state index in [1.165, 1.54) is 30.5 Å². The third-order valence-electron chi connectivity index (χ3n) is 5.60. The number of hydrogen-bond acceptors (Lipinski definition) is 4. The molecular weight excluding hydrogens is 355 g/mol. The number of nitrogens with one attached hydrogen (secondary N) is 1. The summed E-state index contributed by atoms with van der Waals surface area (Å²) in [6.07, 6.45) is 4.25. The second-order valence-electron chi connectivity index (χ2n) is 7.44. The average Bonchev–Trinajstić information content (AvgIpc) is 3.44. The molecule has 1 atom stereocenters. The van der Waals surface area contributed by atoms with Gasteiger partial charge in [-0.3, -0.25) is 4.90 Å². The van der Waals surface area contributed by atoms with E-state index in [1.54, 1.807) is 18.4 Å². The first-order valence-corrected chi connectivity index (χ1v) is 9.92. The second kappa shape index (κ2) is 8.29. The lowest BCUT2D eigenvalue weighted by Crippen LogP contribution is -2.33. The summed E-state index contributed by atoms with van der Waals surface area (Å²) in [5.74, 6) is 0.780. The van der Waals surface area contributed by atoms with Crippen LogP contribution in [0.4, 0.5) is 4.39 Å². The lowest BCUT2D eigenvalue weighted by atomic mass is 10.1. The highest BCUT2D eigenvalue weighted by molar-refractivity contribution is 5.37. The first kappa shape index (κ1) is 18.9. The third-order valence-corrected chi connectivity index (χ3v) is 5.60. The summed E-state index contributed by atoms with van der Waals surface area (Å²) in [4.78, 5) is 2.49. The molecule has 0 saturated carbocycles. The van der Waals surface area contributed by atoms with Crippen molar-refractivity contribution in [2.45, 2.75) is 39.3 Å². The van der Waals surface area contributed by atoms with Crippen LogP contribution in [0.5, 0.6) is 0 Å². The smallest absolute Gasteiger partial charge is 0.123 e. The van der Waals surface area contributed by atoms with Gasteiger partial charge in [0.05, 0.1) is 23.7 Å². The first-order chi connectivity index (χ1) is 13.6. The number of aryl methyl sites for hydroxylation is 1. The Bertz CT molecular complexity index is 896. The van der Waals surface area contributed by atoms with E-state index in [-0.39, 0.29) is 11.9 Å². The molecule has 1 fully saturated rings. The topological polar surface area (TPSA) is 46.2 Å². The fourth-order valence-electron chi connectivity index (χ4n) is 4.04. The lowest BCUT2D eigenvalue weighted by molar-refractivity contribution is 0.209. The van der Waals surface area contributed by atoms with Gasteiger partial charge in [-0.15, -0.1) is 0 Å². The zero-order valence-corrected chi connectivity index (χ0v) is 16.5. The molecule has 3 aromatic rings. The molecule has 0 bridgehead atoms. The van der Waals surface area contributed by atoms with E-state index < -0.39 is 0 Å². The van der Waals surface area contributed by atoms with Gasteiger partial charge in [0.25, 0.3) is 0 Å². The van der Waals surface area contributed by atoms with E-state index in [0.29, 0.717) is 0 Å². The number of benzene rings is 1. The number of aromatic nitrogens is 2. The molecule has 5 nitrogen and oxygen atoms in total. The van der Waals surface area contributed by atoms with E-state index >= 15 is 0 Å². The number of nitrogens with zero attached hydrogens (tertiary/aromatic N) is 3. The Hall–Kier alpha value is -2.44. The highest BCUT2D eigenvalue weighted by Crippen LogP contribution is 2.25. The number of likely N-dealkylation sites (tertiary alicyclic amines) is 1. The van der Waals surface area contributed by atoms with Crippen molar-refractivity contribution in [3.05, 3.63) is 71.2 Å². The molecule has 1 N–H and O–H groups in total. The number of hydrogen-bond donors (Lipinski definition) is 1. The summed E-state index contributed by atoms with van der Waals surface area (Å²) in [5.41, 5.74) is 4.13. The Morgan fingerprint density at radius 1 is 1.14 bits per heavy atom. The fourth-order valence-corrected chi connectivity index (χ4v) is 4.04. The minimum atomic E-state index is -0.238. The van der Waals surface area contributed by atoms with Gasteiger partial charge in [0.15, 0.2) is 0 Å². The van der Waals surface area contributed by atoms with Crippen LogP contribution in [0.1, 0.15) is 41.6 Å². The molecule has 1 aliphatic rings. The van der Waals surface area contributed by atoms with Crippen molar-refractivity contribution in [1.29, 1.82) is 0 Å². The first-order valence-electron chi connectivity index (χ1n) is 9.92. The minimum absolute atomic E-state index is 0.238. The van der Waals surface area contributed by atoms with Crippen molar-refractivity contribution in [2.24, 2.45) is 0 Å². The van der Waals surface area contributed by atoms with E-state index in [1.807, 2.05) is 17.7 Å². The summed E-state index contributed by atoms with van der Waals surface area (Å²) >= 11 is 0. The molecule has 6 heteroatoms. The van der Waals surface area contributed by atoms with Crippen LogP contribution in [0.25, 0.3) is 5.69 Å². The van der Waals surface area contributed by atoms with E-state index in [0.717, 1.165) is 49.0 Å². The number of rotatable bonds is 7. The Balaban J connectivity index is 1.46. The molecule has 28 heavy (non-hydrogen) atoms. The molecule has 0 amide bonds. The summed E-state index contributed by atoms with van der Waals surface area (Å²) in [6.45, 7) is 7.89. The van der Waals surface area contributed by atoms with Crippen LogP contribution in [0.15, 0.2) is 47.1 Å². The van der Waals surface area contributed by atoms with Gasteiger partial charge in [0, 0.05) is 24.3 Å². The minimum Gasteiger partial charge on any atom is -0.468 e. The van der Waals surface area contributed by atoms with E-state index in [4.69, 9.17) is 4.42 Å². The second-order valence-corrected chi connectivity index (χ2v) is 7.44. The Labute approximate surface area is 165 Å². The standard InChI is InChI=1S/C22H27FN4O/c1-16-20(17(2)27(25-16)19-9-7-18(23)8-10-19)14-24-15-21(22-6-5-13-28-22)26-11-3-4-12-26/h5-10,13,21,24H,3-4,11-12,14-15H2,1-2H3/t21-/m0/s1. The molecule has 0 aliphatic carbocycles. The van der Waals surface area contributed by atoms with Gasteiger partial charge in [-0.2, -0.15) is 5.10 Å². The van der Waals surface area contributed by atoms with Crippen molar-refractivity contribution < 1.29 is 8.81 Å². The lowest BCUT2D eigenvalue weighted by Gasteiger charge is -2.26. The maximum atomic E-state index is 13.2. The molecule has 3 heterocycles. The highest BCUT2D eigenvalue weighted by atomic mass is 19.1. The van der Waals surface area contributed by atoms with Crippen LogP contribution in [0, 0.1) is 19.7 Å². The molecule has 1 aromatic carbocycles. The number of halogens is 1. The van der Waals surface area contributed by atoms with Crippen molar-refractivity contribution >= 4 is 0 Å². The maximum absolute atomic E-state index is 13.2. The summed E-state index contributed by atoms with van der Waals surface area (Å²) in [7, 11) is 0. The molecule has 0 radical (unpaired) electrons. The normalized spacial score (nSPS) is 16.0. The molecule has 4 rings (SSSR count). The summed E-state index contributed by atoms with van der Waals surface area (Å²) in [6, 6.07) is 10.7. The largest absolute Gasteiger partial charge is 0.468 e. The predicted octanol–water partition coefficient (Wildman–Crippen LogP) is 4.15. The van der Waals surface area contributed by atoms with Crippen molar-refractivity contribution in [3.8, 4) is 5.69 Å². The Morgan fingerprint density at radius 2 is 1.89 bits per heavy atom. The van der Waals surface area contributed by atoms with Crippen LogP contribution in [0.3, 0.4) is 0 Å². The van der Waals surface area contributed by atoms with Crippen LogP contribution in [0.2, 0.25) is 0 Å². The maximum Gasteiger partial charge on any atom is 0.123 e. The van der Waals surface area contributed by atoms with E-state index in [9.17, 15) is 4.39 Å². The van der Waals surface area contributed by atoms with Gasteiger partial charge >= 0.3 is 0 Å². The van der Waals surface area contributed by atoms with Gasteiger partial charge in [-0.1, -0.05) is 0 Å². The van der Waals surface area contributed by atoms with Gasteiger partial charge in [0.2, 0.25) is 0 Å². The van der Waals surface area contributed by atoms with Crippen molar-refractivity contribution in [2.75, 3.05) is 19.6 Å². The molecule has 0 spiro atoms. The van der Waals surface area contributed by atoms with Crippen LogP contribution in [-0.2, 0) is 6.54 Å². The third kappa shape index (κ3) is 3.88. The molecular formula is C22H27FN4O. The zero-order valence-electron chi connectivity index (χ0n) is 16.5. The molecule has 1 saturated heterocycles. The molecule has 0 unspecified atom stereocenters. The summed E-state index contributed by atoms with van der Waals surface area (Å²) in [5, 5.41) is 8.27. The van der Waals surface area contributed by atoms with Gasteiger partial charge in [-0.05, 0) is 76.2 Å². The monoisotopic (exact) mass is 382 g/mol. The molecule has 1 aliphatic heterocycles. The van der Waals surface area contributed by atoms with Crippen LogP contribution >= 0.6 is 0 Å². The van der Waals surface area contributed by atoms with Crippen LogP contribution < -0.4 is 5.32 Å². The van der Waals surface area contributed by atoms with Crippen molar-refractivity contribution in [3.63, 3.8) is 0 Å². The zero-order chi connectivity index (χ0) is 19.5. The fraction of sp³-hybridized carbons (Fsp3) is 0.409. The molecule has 2 aromatic heterocycles. The predicted molar refractivity (Wildman–Crippen MR) is 107 cm³/mol. The SMILES string of the molecule is Cc1nn(-c2ccc(F)cc2)c(C)c1CNC[C@@H](c1ccco1)N1CCCC1. The Morgan fingerprint density at radius 3 is 2.57 bits per heavy atom. The van der Waals surface area contributed by atoms with Gasteiger partial charge in [-0.25, -0.2) is 9.07 Å². The van der Waals surface area contributed by atoms with Crippen molar-refractivity contribution in [1.82, 2.24) is 20.0 Å². The Kier molecular flexibility index (Phi) is 5.59.